The summed E-state index contributed by atoms with van der Waals surface area (Å²) < 4.78 is 16.4. The number of nitrogens with two attached hydrogens (primary N) is 1. The Bertz CT molecular complexity index is 638. The first-order valence-electron chi connectivity index (χ1n) is 5.00. The van der Waals surface area contributed by atoms with Crippen LogP contribution in [0.3, 0.4) is 0 Å². The number of aromatic nitrogens is 1. The Morgan fingerprint density at radius 1 is 1.33 bits per heavy atom. The molecule has 6 nitrogen and oxygen atoms in total. The molecule has 0 radical (unpaired) electrons. The van der Waals surface area contributed by atoms with E-state index in [9.17, 15) is 4.79 Å². The van der Waals surface area contributed by atoms with Crippen LogP contribution < -0.4 is 15.2 Å². The van der Waals surface area contributed by atoms with Crippen molar-refractivity contribution in [3.05, 3.63) is 22.2 Å². The zero-order valence-corrected chi connectivity index (χ0v) is 10.6. The molecule has 0 saturated heterocycles. The molecule has 2 aromatic rings. The van der Waals surface area contributed by atoms with Crippen LogP contribution in [0.15, 0.2) is 21.1 Å². The normalized spacial score (nSPS) is 12.7. The third kappa shape index (κ3) is 1.55. The first kappa shape index (κ1) is 11.1. The molecule has 92 valence electrons. The predicted octanol–water partition coefficient (Wildman–Crippen LogP) is 2.23. The Hall–Kier alpha value is -2.02. The van der Waals surface area contributed by atoms with Crippen molar-refractivity contribution in [2.75, 3.05) is 12.5 Å². The van der Waals surface area contributed by atoms with Gasteiger partial charge in [-0.1, -0.05) is 5.16 Å². The maximum Gasteiger partial charge on any atom is 0.231 e. The molecular formula is C11H7BrN2O4. The van der Waals surface area contributed by atoms with Crippen LogP contribution in [0.25, 0.3) is 11.3 Å². The molecule has 2 N–H and O–H groups in total. The van der Waals surface area contributed by atoms with Gasteiger partial charge in [0, 0.05) is 10.5 Å². The Kier molecular flexibility index (Phi) is 2.48. The highest BCUT2D eigenvalue weighted by Crippen LogP contribution is 2.47. The molecule has 1 aliphatic heterocycles. The SMILES string of the molecule is Nc1cc(-c2c(Br)cc(C=O)c3c2OCO3)on1. The van der Waals surface area contributed by atoms with E-state index in [-0.39, 0.29) is 12.6 Å². The highest BCUT2D eigenvalue weighted by atomic mass is 79.9. The largest absolute Gasteiger partial charge is 0.453 e. The number of carbonyl (C=O) groups excluding carboxylic acids is 1. The summed E-state index contributed by atoms with van der Waals surface area (Å²) in [5.41, 5.74) is 6.55. The van der Waals surface area contributed by atoms with Crippen LogP contribution in [0.2, 0.25) is 0 Å². The molecule has 0 amide bonds. The van der Waals surface area contributed by atoms with Crippen LogP contribution in [-0.4, -0.2) is 18.2 Å². The molecule has 18 heavy (non-hydrogen) atoms. The van der Waals surface area contributed by atoms with Gasteiger partial charge >= 0.3 is 0 Å². The van der Waals surface area contributed by atoms with Crippen LogP contribution in [-0.2, 0) is 0 Å². The van der Waals surface area contributed by atoms with E-state index < -0.39 is 0 Å². The molecular weight excluding hydrogens is 304 g/mol. The number of hydrogen-bond acceptors (Lipinski definition) is 6. The lowest BCUT2D eigenvalue weighted by Crippen LogP contribution is -1.94. The van der Waals surface area contributed by atoms with Crippen molar-refractivity contribution >= 4 is 28.0 Å². The zero-order valence-electron chi connectivity index (χ0n) is 8.97. The molecule has 0 fully saturated rings. The predicted molar refractivity (Wildman–Crippen MR) is 65.6 cm³/mol. The highest BCUT2D eigenvalue weighted by molar-refractivity contribution is 9.10. The van der Waals surface area contributed by atoms with Crippen LogP contribution >= 0.6 is 15.9 Å². The average molecular weight is 311 g/mol. The van der Waals surface area contributed by atoms with Crippen molar-refractivity contribution in [3.8, 4) is 22.8 Å². The second-order valence-corrected chi connectivity index (χ2v) is 4.48. The number of ether oxygens (including phenoxy) is 2. The summed E-state index contributed by atoms with van der Waals surface area (Å²) in [5, 5.41) is 3.62. The van der Waals surface area contributed by atoms with Gasteiger partial charge in [0.25, 0.3) is 0 Å². The van der Waals surface area contributed by atoms with Crippen LogP contribution in [0.4, 0.5) is 5.82 Å². The summed E-state index contributed by atoms with van der Waals surface area (Å²) in [6, 6.07) is 3.21. The Balaban J connectivity index is 2.27. The summed E-state index contributed by atoms with van der Waals surface area (Å²) in [6.45, 7) is 0.0588. The molecule has 0 saturated carbocycles. The van der Waals surface area contributed by atoms with E-state index in [2.05, 4.69) is 21.1 Å². The molecule has 7 heteroatoms. The van der Waals surface area contributed by atoms with Gasteiger partial charge in [-0.2, -0.15) is 0 Å². The first-order chi connectivity index (χ1) is 8.70. The third-order valence-corrected chi connectivity index (χ3v) is 3.15. The molecule has 0 bridgehead atoms. The molecule has 0 unspecified atom stereocenters. The fourth-order valence-electron chi connectivity index (χ4n) is 1.79. The minimum Gasteiger partial charge on any atom is -0.453 e. The van der Waals surface area contributed by atoms with E-state index in [1.54, 1.807) is 12.1 Å². The quantitative estimate of drug-likeness (QED) is 0.856. The number of anilines is 1. The third-order valence-electron chi connectivity index (χ3n) is 2.52. The summed E-state index contributed by atoms with van der Waals surface area (Å²) in [4.78, 5) is 11.0. The zero-order chi connectivity index (χ0) is 12.7. The number of halogens is 1. The first-order valence-corrected chi connectivity index (χ1v) is 5.80. The van der Waals surface area contributed by atoms with Crippen LogP contribution in [0.1, 0.15) is 10.4 Å². The van der Waals surface area contributed by atoms with Gasteiger partial charge in [-0.3, -0.25) is 4.79 Å². The van der Waals surface area contributed by atoms with Crippen molar-refractivity contribution in [2.45, 2.75) is 0 Å². The number of fused-ring (bicyclic) bond motifs is 1. The fourth-order valence-corrected chi connectivity index (χ4v) is 2.41. The molecule has 0 spiro atoms. The second-order valence-electron chi connectivity index (χ2n) is 3.62. The molecule has 1 aromatic heterocycles. The Morgan fingerprint density at radius 2 is 2.11 bits per heavy atom. The maximum absolute atomic E-state index is 11.0. The van der Waals surface area contributed by atoms with Gasteiger partial charge in [-0.25, -0.2) is 0 Å². The molecule has 1 aliphatic rings. The lowest BCUT2D eigenvalue weighted by molar-refractivity contribution is 0.111. The molecule has 0 atom stereocenters. The number of aldehydes is 1. The lowest BCUT2D eigenvalue weighted by Gasteiger charge is -2.06. The second kappa shape index (κ2) is 4.02. The van der Waals surface area contributed by atoms with Crippen molar-refractivity contribution in [2.24, 2.45) is 0 Å². The molecule has 1 aromatic carbocycles. The summed E-state index contributed by atoms with van der Waals surface area (Å²) in [7, 11) is 0. The maximum atomic E-state index is 11.0. The molecule has 3 rings (SSSR count). The summed E-state index contributed by atoms with van der Waals surface area (Å²) >= 11 is 3.36. The van der Waals surface area contributed by atoms with Gasteiger partial charge in [0.05, 0.1) is 11.1 Å². The van der Waals surface area contributed by atoms with Crippen LogP contribution in [0.5, 0.6) is 11.5 Å². The van der Waals surface area contributed by atoms with E-state index in [1.807, 2.05) is 0 Å². The lowest BCUT2D eigenvalue weighted by atomic mass is 10.1. The van der Waals surface area contributed by atoms with E-state index in [4.69, 9.17) is 19.7 Å². The monoisotopic (exact) mass is 310 g/mol. The van der Waals surface area contributed by atoms with Crippen molar-refractivity contribution in [1.29, 1.82) is 0 Å². The molecule has 0 aliphatic carbocycles. The summed E-state index contributed by atoms with van der Waals surface area (Å²) in [6.07, 6.45) is 0.705. The van der Waals surface area contributed by atoms with E-state index in [0.29, 0.717) is 39.1 Å². The number of carbonyl (C=O) groups is 1. The Morgan fingerprint density at radius 3 is 2.78 bits per heavy atom. The van der Waals surface area contributed by atoms with Crippen molar-refractivity contribution in [1.82, 2.24) is 5.16 Å². The van der Waals surface area contributed by atoms with Crippen molar-refractivity contribution < 1.29 is 18.8 Å². The van der Waals surface area contributed by atoms with Gasteiger partial charge in [0.15, 0.2) is 29.4 Å². The highest BCUT2D eigenvalue weighted by Gasteiger charge is 2.27. The number of nitrogens with zero attached hydrogens (tertiary/aromatic N) is 1. The van der Waals surface area contributed by atoms with Gasteiger partial charge in [0.1, 0.15) is 0 Å². The number of hydrogen-bond donors (Lipinski definition) is 1. The number of benzene rings is 1. The van der Waals surface area contributed by atoms with E-state index in [1.165, 1.54) is 0 Å². The Labute approximate surface area is 110 Å². The average Bonchev–Trinajstić information content (AvgIpc) is 2.97. The van der Waals surface area contributed by atoms with Gasteiger partial charge < -0.3 is 19.7 Å². The smallest absolute Gasteiger partial charge is 0.231 e. The van der Waals surface area contributed by atoms with Crippen LogP contribution in [0, 0.1) is 0 Å². The minimum atomic E-state index is 0.0588. The van der Waals surface area contributed by atoms with Crippen molar-refractivity contribution in [3.63, 3.8) is 0 Å². The number of rotatable bonds is 2. The van der Waals surface area contributed by atoms with E-state index >= 15 is 0 Å². The topological polar surface area (TPSA) is 87.6 Å². The molecule has 2 heterocycles. The number of nitrogen functional groups attached to an aromatic ring is 1. The minimum absolute atomic E-state index is 0.0588. The fraction of sp³-hybridized carbons (Fsp3) is 0.0909. The van der Waals surface area contributed by atoms with E-state index in [0.717, 1.165) is 0 Å². The van der Waals surface area contributed by atoms with Gasteiger partial charge in [0.2, 0.25) is 6.79 Å². The standard InChI is InChI=1S/C11H7BrN2O4/c12-6-1-5(3-15)10-11(17-4-16-10)9(6)7-2-8(13)14-18-7/h1-3H,4H2,(H2,13,14). The van der Waals surface area contributed by atoms with Gasteiger partial charge in [-0.05, 0) is 22.0 Å². The summed E-state index contributed by atoms with van der Waals surface area (Å²) in [5.74, 6) is 1.56. The van der Waals surface area contributed by atoms with Gasteiger partial charge in [-0.15, -0.1) is 0 Å².